The van der Waals surface area contributed by atoms with Gasteiger partial charge in [-0.3, -0.25) is 5.10 Å². The molecule has 0 saturated heterocycles. The minimum Gasteiger partial charge on any atom is -0.378 e. The summed E-state index contributed by atoms with van der Waals surface area (Å²) in [5.74, 6) is -0.272. The van der Waals surface area contributed by atoms with Crippen LogP contribution in [0.2, 0.25) is 0 Å². The Morgan fingerprint density at radius 3 is 3.12 bits per heavy atom. The van der Waals surface area contributed by atoms with E-state index >= 15 is 0 Å². The molecule has 1 aromatic carbocycles. The van der Waals surface area contributed by atoms with Gasteiger partial charge in [-0.1, -0.05) is 6.07 Å². The standard InChI is InChI=1S/C17H21FN4O2/c1-11-16-7-13(18)4-3-12(16)5-6-22(11)17(23)19-9-14-8-15(10-24-2)21-20-14/h3-4,7-8,11H,5-6,9-10H2,1-2H3,(H,19,23)(H,20,21)/t11-/m0/s1. The normalized spacial score (nSPS) is 16.8. The fraction of sp³-hybridized carbons (Fsp3) is 0.412. The Kier molecular flexibility index (Phi) is 4.80. The Labute approximate surface area is 140 Å². The van der Waals surface area contributed by atoms with Crippen LogP contribution in [0.3, 0.4) is 0 Å². The number of benzene rings is 1. The summed E-state index contributed by atoms with van der Waals surface area (Å²) in [7, 11) is 1.61. The lowest BCUT2D eigenvalue weighted by atomic mass is 9.94. The molecule has 128 valence electrons. The molecule has 1 aliphatic heterocycles. The summed E-state index contributed by atoms with van der Waals surface area (Å²) in [6.07, 6.45) is 0.732. The second-order valence-corrected chi connectivity index (χ2v) is 5.94. The highest BCUT2D eigenvalue weighted by molar-refractivity contribution is 5.75. The summed E-state index contributed by atoms with van der Waals surface area (Å²) in [5.41, 5.74) is 3.58. The second kappa shape index (κ2) is 7.00. The predicted molar refractivity (Wildman–Crippen MR) is 86.8 cm³/mol. The van der Waals surface area contributed by atoms with Gasteiger partial charge in [0, 0.05) is 13.7 Å². The lowest BCUT2D eigenvalue weighted by Gasteiger charge is -2.35. The van der Waals surface area contributed by atoms with Crippen LogP contribution >= 0.6 is 0 Å². The SMILES string of the molecule is COCc1cc(CNC(=O)N2CCc3ccc(F)cc3[C@@H]2C)[nH]n1. The number of amides is 2. The molecule has 1 aliphatic rings. The Bertz CT molecular complexity index is 731. The molecule has 2 heterocycles. The van der Waals surface area contributed by atoms with Gasteiger partial charge in [0.05, 0.1) is 30.6 Å². The van der Waals surface area contributed by atoms with Crippen LogP contribution in [0.15, 0.2) is 24.3 Å². The van der Waals surface area contributed by atoms with Gasteiger partial charge in [-0.05, 0) is 42.7 Å². The lowest BCUT2D eigenvalue weighted by molar-refractivity contribution is 0.174. The zero-order valence-corrected chi connectivity index (χ0v) is 13.8. The van der Waals surface area contributed by atoms with Gasteiger partial charge in [-0.2, -0.15) is 5.10 Å². The molecular formula is C17H21FN4O2. The van der Waals surface area contributed by atoms with Crippen LogP contribution in [0, 0.1) is 5.82 Å². The number of rotatable bonds is 4. The van der Waals surface area contributed by atoms with Gasteiger partial charge in [0.25, 0.3) is 0 Å². The number of ether oxygens (including phenoxy) is 1. The van der Waals surface area contributed by atoms with Crippen LogP contribution in [0.1, 0.15) is 35.5 Å². The number of carbonyl (C=O) groups is 1. The Morgan fingerprint density at radius 2 is 2.33 bits per heavy atom. The van der Waals surface area contributed by atoms with Crippen LogP contribution < -0.4 is 5.32 Å². The number of hydrogen-bond donors (Lipinski definition) is 2. The van der Waals surface area contributed by atoms with E-state index in [1.807, 2.05) is 13.0 Å². The summed E-state index contributed by atoms with van der Waals surface area (Å²) >= 11 is 0. The zero-order valence-electron chi connectivity index (χ0n) is 13.8. The van der Waals surface area contributed by atoms with E-state index < -0.39 is 0 Å². The number of hydrogen-bond acceptors (Lipinski definition) is 3. The van der Waals surface area contributed by atoms with Gasteiger partial charge in [-0.15, -0.1) is 0 Å². The maximum Gasteiger partial charge on any atom is 0.318 e. The molecule has 2 N–H and O–H groups in total. The van der Waals surface area contributed by atoms with Crippen LogP contribution in [0.5, 0.6) is 0 Å². The van der Waals surface area contributed by atoms with E-state index in [1.54, 1.807) is 18.1 Å². The highest BCUT2D eigenvalue weighted by atomic mass is 19.1. The van der Waals surface area contributed by atoms with Gasteiger partial charge in [0.1, 0.15) is 5.82 Å². The van der Waals surface area contributed by atoms with Gasteiger partial charge in [0.15, 0.2) is 0 Å². The lowest BCUT2D eigenvalue weighted by Crippen LogP contribution is -2.44. The second-order valence-electron chi connectivity index (χ2n) is 5.94. The van der Waals surface area contributed by atoms with E-state index in [-0.39, 0.29) is 17.9 Å². The van der Waals surface area contributed by atoms with E-state index in [0.717, 1.165) is 28.9 Å². The minimum absolute atomic E-state index is 0.157. The van der Waals surface area contributed by atoms with Gasteiger partial charge < -0.3 is 15.0 Å². The van der Waals surface area contributed by atoms with Crippen LogP contribution in [0.25, 0.3) is 0 Å². The fourth-order valence-corrected chi connectivity index (χ4v) is 3.06. The largest absolute Gasteiger partial charge is 0.378 e. The van der Waals surface area contributed by atoms with Crippen molar-refractivity contribution in [3.05, 3.63) is 52.6 Å². The number of halogens is 1. The molecule has 2 aromatic rings. The number of aromatic nitrogens is 2. The zero-order chi connectivity index (χ0) is 17.1. The maximum absolute atomic E-state index is 13.5. The summed E-state index contributed by atoms with van der Waals surface area (Å²) in [6, 6.07) is 6.32. The molecule has 0 radical (unpaired) electrons. The van der Waals surface area contributed by atoms with Gasteiger partial charge in [0.2, 0.25) is 0 Å². The topological polar surface area (TPSA) is 70.2 Å². The molecule has 3 rings (SSSR count). The molecule has 1 atom stereocenters. The molecule has 0 saturated carbocycles. The van der Waals surface area contributed by atoms with Crippen molar-refractivity contribution < 1.29 is 13.9 Å². The number of H-pyrrole nitrogens is 1. The molecule has 1 aromatic heterocycles. The number of methoxy groups -OCH3 is 1. The third kappa shape index (κ3) is 3.41. The molecule has 0 fully saturated rings. The molecule has 2 amide bonds. The van der Waals surface area contributed by atoms with Crippen molar-refractivity contribution in [3.8, 4) is 0 Å². The molecule has 0 unspecified atom stereocenters. The smallest absolute Gasteiger partial charge is 0.318 e. The number of nitrogens with one attached hydrogen (secondary N) is 2. The molecule has 0 aliphatic carbocycles. The van der Waals surface area contributed by atoms with Crippen LogP contribution in [0.4, 0.5) is 9.18 Å². The van der Waals surface area contributed by atoms with Crippen molar-refractivity contribution in [2.24, 2.45) is 0 Å². The third-order valence-corrected chi connectivity index (χ3v) is 4.31. The number of urea groups is 1. The van der Waals surface area contributed by atoms with Crippen molar-refractivity contribution in [3.63, 3.8) is 0 Å². The van der Waals surface area contributed by atoms with E-state index in [9.17, 15) is 9.18 Å². The summed E-state index contributed by atoms with van der Waals surface area (Å²) in [5, 5.41) is 9.85. The van der Waals surface area contributed by atoms with E-state index in [2.05, 4.69) is 15.5 Å². The average molecular weight is 332 g/mol. The van der Waals surface area contributed by atoms with Gasteiger partial charge >= 0.3 is 6.03 Å². The first-order valence-electron chi connectivity index (χ1n) is 7.93. The summed E-state index contributed by atoms with van der Waals surface area (Å²) in [6.45, 7) is 3.32. The predicted octanol–water partition coefficient (Wildman–Crippen LogP) is 2.52. The average Bonchev–Trinajstić information content (AvgIpc) is 3.01. The molecular weight excluding hydrogens is 311 g/mol. The maximum atomic E-state index is 13.5. The highest BCUT2D eigenvalue weighted by Gasteiger charge is 2.27. The first-order valence-corrected chi connectivity index (χ1v) is 7.93. The number of carbonyl (C=O) groups excluding carboxylic acids is 1. The summed E-state index contributed by atoms with van der Waals surface area (Å²) in [4.78, 5) is 14.2. The van der Waals surface area contributed by atoms with Gasteiger partial charge in [-0.25, -0.2) is 9.18 Å². The third-order valence-electron chi connectivity index (χ3n) is 4.31. The Hall–Kier alpha value is -2.41. The van der Waals surface area contributed by atoms with Crippen LogP contribution in [-0.2, 0) is 24.3 Å². The highest BCUT2D eigenvalue weighted by Crippen LogP contribution is 2.29. The van der Waals surface area contributed by atoms with E-state index in [1.165, 1.54) is 12.1 Å². The quantitative estimate of drug-likeness (QED) is 0.904. The molecule has 0 bridgehead atoms. The summed E-state index contributed by atoms with van der Waals surface area (Å²) < 4.78 is 18.5. The number of fused-ring (bicyclic) bond motifs is 1. The van der Waals surface area contributed by atoms with Crippen LogP contribution in [-0.4, -0.2) is 34.8 Å². The molecule has 24 heavy (non-hydrogen) atoms. The molecule has 0 spiro atoms. The first-order chi connectivity index (χ1) is 11.6. The van der Waals surface area contributed by atoms with Crippen molar-refractivity contribution in [1.29, 1.82) is 0 Å². The molecule has 7 heteroatoms. The first kappa shape index (κ1) is 16.4. The Morgan fingerprint density at radius 1 is 1.50 bits per heavy atom. The molecule has 6 nitrogen and oxygen atoms in total. The van der Waals surface area contributed by atoms with Crippen molar-refractivity contribution in [2.45, 2.75) is 32.5 Å². The Balaban J connectivity index is 1.62. The number of nitrogens with zero attached hydrogens (tertiary/aromatic N) is 2. The van der Waals surface area contributed by atoms with Crippen molar-refractivity contribution >= 4 is 6.03 Å². The fourth-order valence-electron chi connectivity index (χ4n) is 3.06. The van der Waals surface area contributed by atoms with E-state index in [0.29, 0.717) is 19.7 Å². The van der Waals surface area contributed by atoms with Crippen molar-refractivity contribution in [1.82, 2.24) is 20.4 Å². The van der Waals surface area contributed by atoms with Crippen molar-refractivity contribution in [2.75, 3.05) is 13.7 Å². The monoisotopic (exact) mass is 332 g/mol. The number of aromatic amines is 1. The van der Waals surface area contributed by atoms with E-state index in [4.69, 9.17) is 4.74 Å². The minimum atomic E-state index is -0.272.